The van der Waals surface area contributed by atoms with Crippen LogP contribution in [0, 0.1) is 18.6 Å². The predicted octanol–water partition coefficient (Wildman–Crippen LogP) is 4.01. The summed E-state index contributed by atoms with van der Waals surface area (Å²) in [4.78, 5) is -3.20. The number of rotatable bonds is 7. The molecular formula is C19H16F2N6O9S3. The van der Waals surface area contributed by atoms with Crippen molar-refractivity contribution in [2.24, 2.45) is 20.5 Å². The van der Waals surface area contributed by atoms with Gasteiger partial charge in [-0.05, 0) is 30.7 Å². The molecule has 3 rings (SSSR count). The molecule has 0 amide bonds. The molecule has 3 aromatic rings. The number of halogens is 2. The van der Waals surface area contributed by atoms with Crippen LogP contribution in [0.1, 0.15) is 5.56 Å². The van der Waals surface area contributed by atoms with Crippen molar-refractivity contribution in [2.75, 3.05) is 11.5 Å². The molecule has 20 heteroatoms. The van der Waals surface area contributed by atoms with E-state index >= 15 is 0 Å². The Bertz CT molecular complexity index is 1900. The molecule has 0 saturated heterocycles. The Hall–Kier alpha value is -3.95. The third-order valence-electron chi connectivity index (χ3n) is 4.76. The summed E-state index contributed by atoms with van der Waals surface area (Å²) in [5.74, 6) is -3.06. The van der Waals surface area contributed by atoms with Crippen LogP contribution in [-0.2, 0) is 30.4 Å². The van der Waals surface area contributed by atoms with Crippen molar-refractivity contribution in [3.05, 3.63) is 53.6 Å². The highest BCUT2D eigenvalue weighted by Crippen LogP contribution is 2.43. The minimum Gasteiger partial charge on any atom is -0.396 e. The van der Waals surface area contributed by atoms with Gasteiger partial charge in [-0.2, -0.15) is 25.3 Å². The maximum Gasteiger partial charge on any atom is 0.299 e. The van der Waals surface area contributed by atoms with Crippen LogP contribution in [0.25, 0.3) is 0 Å². The molecule has 7 N–H and O–H groups in total. The molecule has 0 atom stereocenters. The molecule has 0 bridgehead atoms. The van der Waals surface area contributed by atoms with E-state index in [-0.39, 0.29) is 6.07 Å². The number of nitrogens with two attached hydrogens (primary N) is 2. The molecule has 0 unspecified atom stereocenters. The van der Waals surface area contributed by atoms with E-state index in [1.165, 1.54) is 13.0 Å². The van der Waals surface area contributed by atoms with Crippen LogP contribution in [0.5, 0.6) is 0 Å². The first-order valence-corrected chi connectivity index (χ1v) is 14.2. The minimum absolute atomic E-state index is 0.133. The predicted molar refractivity (Wildman–Crippen MR) is 131 cm³/mol. The highest BCUT2D eigenvalue weighted by atomic mass is 32.2. The average molecular weight is 607 g/mol. The van der Waals surface area contributed by atoms with Crippen molar-refractivity contribution in [1.82, 2.24) is 0 Å². The fourth-order valence-corrected chi connectivity index (χ4v) is 5.08. The van der Waals surface area contributed by atoms with E-state index < -0.39 is 90.8 Å². The van der Waals surface area contributed by atoms with Crippen molar-refractivity contribution in [3.8, 4) is 0 Å². The summed E-state index contributed by atoms with van der Waals surface area (Å²) in [7, 11) is -15.2. The quantitative estimate of drug-likeness (QED) is 0.146. The Morgan fingerprint density at radius 1 is 0.667 bits per heavy atom. The Kier molecular flexibility index (Phi) is 7.83. The van der Waals surface area contributed by atoms with Gasteiger partial charge in [-0.3, -0.25) is 13.7 Å². The fourth-order valence-electron chi connectivity index (χ4n) is 3.07. The number of anilines is 2. The second-order valence-electron chi connectivity index (χ2n) is 7.60. The van der Waals surface area contributed by atoms with Crippen molar-refractivity contribution in [3.63, 3.8) is 0 Å². The van der Waals surface area contributed by atoms with E-state index in [0.717, 1.165) is 12.1 Å². The third-order valence-corrected chi connectivity index (χ3v) is 7.46. The monoisotopic (exact) mass is 606 g/mol. The van der Waals surface area contributed by atoms with Gasteiger partial charge in [0.05, 0.1) is 11.4 Å². The number of nitrogens with zero attached hydrogens (tertiary/aromatic N) is 4. The number of aryl methyl sites for hydroxylation is 1. The third kappa shape index (κ3) is 6.55. The van der Waals surface area contributed by atoms with Crippen LogP contribution in [0.4, 0.5) is 42.9 Å². The molecule has 39 heavy (non-hydrogen) atoms. The van der Waals surface area contributed by atoms with Crippen molar-refractivity contribution < 1.29 is 47.7 Å². The summed E-state index contributed by atoms with van der Waals surface area (Å²) in [5, 5.41) is 14.0. The van der Waals surface area contributed by atoms with Gasteiger partial charge in [-0.1, -0.05) is 6.07 Å². The van der Waals surface area contributed by atoms with Crippen LogP contribution < -0.4 is 11.5 Å². The summed E-state index contributed by atoms with van der Waals surface area (Å²) in [6, 6.07) is 4.73. The van der Waals surface area contributed by atoms with Crippen LogP contribution in [0.2, 0.25) is 0 Å². The van der Waals surface area contributed by atoms with Crippen LogP contribution in [-0.4, -0.2) is 38.9 Å². The zero-order valence-electron chi connectivity index (χ0n) is 19.2. The number of azo groups is 2. The summed E-state index contributed by atoms with van der Waals surface area (Å²) < 4.78 is 126. The smallest absolute Gasteiger partial charge is 0.299 e. The van der Waals surface area contributed by atoms with Crippen LogP contribution in [0.3, 0.4) is 0 Å². The first kappa shape index (κ1) is 29.6. The number of hydrogen-bond donors (Lipinski definition) is 5. The Morgan fingerprint density at radius 3 is 1.79 bits per heavy atom. The Balaban J connectivity index is 2.27. The standard InChI is InChI=1S/C19H16F2N6O9S3/c1-8-2-3-11(14(4-8)37(28,29)30)24-25-12-7-15(38(31,32)33)17(23)18(16(12)22)27-26-13-6-9(20)5-10(21)19(13)39(34,35)36/h2-7H,22-23H2,1H3,(H,28,29,30)(H,31,32,33)(H,34,35,36). The van der Waals surface area contributed by atoms with Gasteiger partial charge in [-0.25, -0.2) is 8.78 Å². The summed E-state index contributed by atoms with van der Waals surface area (Å²) in [6.07, 6.45) is 0. The number of hydrogen-bond acceptors (Lipinski definition) is 12. The van der Waals surface area contributed by atoms with E-state index in [1.807, 2.05) is 0 Å². The maximum absolute atomic E-state index is 14.0. The molecule has 208 valence electrons. The lowest BCUT2D eigenvalue weighted by atomic mass is 10.2. The molecular weight excluding hydrogens is 590 g/mol. The highest BCUT2D eigenvalue weighted by Gasteiger charge is 2.25. The van der Waals surface area contributed by atoms with Gasteiger partial charge in [0.25, 0.3) is 30.4 Å². The molecule has 0 saturated carbocycles. The molecule has 3 aromatic carbocycles. The molecule has 15 nitrogen and oxygen atoms in total. The SMILES string of the molecule is Cc1ccc(N=Nc2cc(S(=O)(=O)O)c(N)c(N=Nc3cc(F)cc(F)c3S(=O)(=O)O)c2N)c(S(=O)(=O)O)c1. The van der Waals surface area contributed by atoms with Crippen LogP contribution >= 0.6 is 0 Å². The van der Waals surface area contributed by atoms with E-state index in [9.17, 15) is 47.7 Å². The zero-order chi connectivity index (χ0) is 29.5. The van der Waals surface area contributed by atoms with Gasteiger partial charge in [-0.15, -0.1) is 20.5 Å². The number of benzene rings is 3. The van der Waals surface area contributed by atoms with E-state index in [1.54, 1.807) is 0 Å². The second-order valence-corrected chi connectivity index (χ2v) is 11.7. The second kappa shape index (κ2) is 10.3. The van der Waals surface area contributed by atoms with Gasteiger partial charge in [0.1, 0.15) is 44.2 Å². The fraction of sp³-hybridized carbons (Fsp3) is 0.0526. The van der Waals surface area contributed by atoms with Gasteiger partial charge in [0.15, 0.2) is 4.90 Å². The Morgan fingerprint density at radius 2 is 1.23 bits per heavy atom. The van der Waals surface area contributed by atoms with Crippen molar-refractivity contribution in [1.29, 1.82) is 0 Å². The molecule has 0 aliphatic heterocycles. The van der Waals surface area contributed by atoms with E-state index in [4.69, 9.17) is 11.5 Å². The van der Waals surface area contributed by atoms with Gasteiger partial charge < -0.3 is 11.5 Å². The summed E-state index contributed by atoms with van der Waals surface area (Å²) in [5.41, 5.74) is 7.66. The van der Waals surface area contributed by atoms with E-state index in [2.05, 4.69) is 20.5 Å². The van der Waals surface area contributed by atoms with Gasteiger partial charge >= 0.3 is 0 Å². The van der Waals surface area contributed by atoms with Gasteiger partial charge in [0, 0.05) is 12.1 Å². The van der Waals surface area contributed by atoms with Crippen molar-refractivity contribution >= 4 is 64.5 Å². The molecule has 0 aliphatic rings. The first-order chi connectivity index (χ1) is 17.8. The van der Waals surface area contributed by atoms with Gasteiger partial charge in [0.2, 0.25) is 0 Å². The first-order valence-electron chi connectivity index (χ1n) is 9.88. The largest absolute Gasteiger partial charge is 0.396 e. The van der Waals surface area contributed by atoms with E-state index in [0.29, 0.717) is 17.7 Å². The Labute approximate surface area is 219 Å². The molecule has 0 fully saturated rings. The molecule has 0 radical (unpaired) electrons. The molecule has 0 spiro atoms. The van der Waals surface area contributed by atoms with Crippen molar-refractivity contribution in [2.45, 2.75) is 21.6 Å². The van der Waals surface area contributed by atoms with Crippen LogP contribution in [0.15, 0.2) is 71.5 Å². The minimum atomic E-state index is -5.30. The zero-order valence-corrected chi connectivity index (χ0v) is 21.6. The summed E-state index contributed by atoms with van der Waals surface area (Å²) >= 11 is 0. The number of nitrogen functional groups attached to an aromatic ring is 2. The normalized spacial score (nSPS) is 13.0. The highest BCUT2D eigenvalue weighted by molar-refractivity contribution is 7.86. The molecule has 0 aromatic heterocycles. The maximum atomic E-state index is 14.0. The molecule has 0 heterocycles. The average Bonchev–Trinajstić information content (AvgIpc) is 2.76. The lowest BCUT2D eigenvalue weighted by Gasteiger charge is -2.11. The topological polar surface area (TPSA) is 265 Å². The summed E-state index contributed by atoms with van der Waals surface area (Å²) in [6.45, 7) is 1.52. The molecule has 0 aliphatic carbocycles. The lowest BCUT2D eigenvalue weighted by molar-refractivity contribution is 0.471. The lowest BCUT2D eigenvalue weighted by Crippen LogP contribution is -2.05.